The number of nitrogens with one attached hydrogen (secondary N) is 1. The van der Waals surface area contributed by atoms with Crippen LogP contribution in [0.2, 0.25) is 0 Å². The Hall–Kier alpha value is -1.13. The van der Waals surface area contributed by atoms with Crippen LogP contribution in [0.3, 0.4) is 0 Å². The van der Waals surface area contributed by atoms with Crippen LogP contribution in [-0.4, -0.2) is 11.6 Å². The zero-order valence-corrected chi connectivity index (χ0v) is 13.5. The molecule has 0 radical (unpaired) electrons. The van der Waals surface area contributed by atoms with E-state index >= 15 is 0 Å². The molecule has 4 heteroatoms. The highest BCUT2D eigenvalue weighted by molar-refractivity contribution is 9.10. The number of nitrogens with zero attached hydrogens (tertiary/aromatic N) is 1. The van der Waals surface area contributed by atoms with Gasteiger partial charge in [0.2, 0.25) is 0 Å². The molecular formula is C16H20BrFN2. The molecule has 0 aliphatic heterocycles. The van der Waals surface area contributed by atoms with Crippen LogP contribution in [0.4, 0.5) is 4.39 Å². The van der Waals surface area contributed by atoms with Crippen molar-refractivity contribution in [2.24, 2.45) is 0 Å². The van der Waals surface area contributed by atoms with Crippen LogP contribution in [-0.2, 0) is 6.54 Å². The number of halogens is 2. The van der Waals surface area contributed by atoms with E-state index in [1.807, 2.05) is 29.9 Å². The lowest BCUT2D eigenvalue weighted by Crippen LogP contribution is -2.15. The van der Waals surface area contributed by atoms with E-state index in [1.165, 1.54) is 11.6 Å². The Kier molecular flexibility index (Phi) is 5.38. The third-order valence-electron chi connectivity index (χ3n) is 3.47. The Morgan fingerprint density at radius 2 is 2.15 bits per heavy atom. The summed E-state index contributed by atoms with van der Waals surface area (Å²) in [6, 6.07) is 7.67. The van der Waals surface area contributed by atoms with Gasteiger partial charge in [0.05, 0.1) is 0 Å². The monoisotopic (exact) mass is 338 g/mol. The molecule has 0 spiro atoms. The second-order valence-corrected chi connectivity index (χ2v) is 5.90. The van der Waals surface area contributed by atoms with E-state index < -0.39 is 0 Å². The molecule has 108 valence electrons. The average Bonchev–Trinajstić information content (AvgIpc) is 2.87. The van der Waals surface area contributed by atoms with Gasteiger partial charge in [0, 0.05) is 35.0 Å². The first-order valence-corrected chi connectivity index (χ1v) is 7.70. The lowest BCUT2D eigenvalue weighted by molar-refractivity contribution is 0.540. The summed E-state index contributed by atoms with van der Waals surface area (Å²) in [6.07, 6.45) is 6.35. The van der Waals surface area contributed by atoms with Crippen molar-refractivity contribution in [3.8, 4) is 0 Å². The molecule has 2 nitrogen and oxygen atoms in total. The highest BCUT2D eigenvalue weighted by Gasteiger charge is 2.10. The van der Waals surface area contributed by atoms with Gasteiger partial charge in [-0.25, -0.2) is 4.39 Å². The molecule has 1 atom stereocenters. The van der Waals surface area contributed by atoms with Crippen LogP contribution < -0.4 is 5.32 Å². The largest absolute Gasteiger partial charge is 0.349 e. The normalized spacial score (nSPS) is 12.6. The molecule has 0 aliphatic rings. The molecule has 0 bridgehead atoms. The van der Waals surface area contributed by atoms with Crippen molar-refractivity contribution in [3.63, 3.8) is 0 Å². The second-order valence-electron chi connectivity index (χ2n) is 4.98. The standard InChI is InChI=1S/C16H20BrFN2/c1-3-4-16(19-2)13-7-8-20(11-13)10-12-5-6-14(17)9-15(12)18/h5-9,11,16,19H,3-4,10H2,1-2H3. The fraction of sp³-hybridized carbons (Fsp3) is 0.375. The van der Waals surface area contributed by atoms with E-state index in [0.717, 1.165) is 17.3 Å². The van der Waals surface area contributed by atoms with Crippen molar-refractivity contribution >= 4 is 15.9 Å². The van der Waals surface area contributed by atoms with Gasteiger partial charge in [0.25, 0.3) is 0 Å². The molecule has 0 saturated carbocycles. The third-order valence-corrected chi connectivity index (χ3v) is 3.96. The topological polar surface area (TPSA) is 17.0 Å². The first-order chi connectivity index (χ1) is 9.63. The first kappa shape index (κ1) is 15.3. The summed E-state index contributed by atoms with van der Waals surface area (Å²) >= 11 is 3.28. The molecule has 2 aromatic rings. The molecule has 1 aromatic carbocycles. The van der Waals surface area contributed by atoms with Crippen LogP contribution in [0.15, 0.2) is 41.1 Å². The zero-order chi connectivity index (χ0) is 14.5. The van der Waals surface area contributed by atoms with Gasteiger partial charge in [-0.2, -0.15) is 0 Å². The van der Waals surface area contributed by atoms with Gasteiger partial charge in [-0.1, -0.05) is 35.3 Å². The maximum Gasteiger partial charge on any atom is 0.129 e. The molecule has 1 aromatic heterocycles. The Labute approximate surface area is 128 Å². The van der Waals surface area contributed by atoms with Crippen molar-refractivity contribution in [1.82, 2.24) is 9.88 Å². The number of hydrogen-bond donors (Lipinski definition) is 1. The van der Waals surface area contributed by atoms with Gasteiger partial charge in [0.15, 0.2) is 0 Å². The van der Waals surface area contributed by atoms with Crippen LogP contribution in [0, 0.1) is 5.82 Å². The third kappa shape index (κ3) is 3.70. The molecular weight excluding hydrogens is 319 g/mol. The molecule has 1 N–H and O–H groups in total. The van der Waals surface area contributed by atoms with Crippen molar-refractivity contribution in [2.75, 3.05) is 7.05 Å². The summed E-state index contributed by atoms with van der Waals surface area (Å²) in [5.74, 6) is -0.173. The van der Waals surface area contributed by atoms with Crippen molar-refractivity contribution in [2.45, 2.75) is 32.4 Å². The molecule has 1 heterocycles. The fourth-order valence-electron chi connectivity index (χ4n) is 2.38. The Balaban J connectivity index is 2.12. The van der Waals surface area contributed by atoms with Crippen LogP contribution in [0.5, 0.6) is 0 Å². The van der Waals surface area contributed by atoms with Gasteiger partial charge in [-0.15, -0.1) is 0 Å². The zero-order valence-electron chi connectivity index (χ0n) is 11.9. The Morgan fingerprint density at radius 3 is 2.80 bits per heavy atom. The summed E-state index contributed by atoms with van der Waals surface area (Å²) in [4.78, 5) is 0. The Morgan fingerprint density at radius 1 is 1.35 bits per heavy atom. The van der Waals surface area contributed by atoms with E-state index in [2.05, 4.69) is 40.4 Å². The van der Waals surface area contributed by atoms with E-state index in [9.17, 15) is 4.39 Å². The molecule has 0 amide bonds. The molecule has 0 fully saturated rings. The summed E-state index contributed by atoms with van der Waals surface area (Å²) < 4.78 is 16.6. The number of hydrogen-bond acceptors (Lipinski definition) is 1. The van der Waals surface area contributed by atoms with E-state index in [-0.39, 0.29) is 5.82 Å². The van der Waals surface area contributed by atoms with Gasteiger partial charge in [0.1, 0.15) is 5.82 Å². The minimum absolute atomic E-state index is 0.173. The average molecular weight is 339 g/mol. The minimum Gasteiger partial charge on any atom is -0.349 e. The molecule has 2 rings (SSSR count). The number of aromatic nitrogens is 1. The van der Waals surface area contributed by atoms with Crippen LogP contribution in [0.25, 0.3) is 0 Å². The van der Waals surface area contributed by atoms with Gasteiger partial charge < -0.3 is 9.88 Å². The second kappa shape index (κ2) is 7.04. The number of rotatable bonds is 6. The summed E-state index contributed by atoms with van der Waals surface area (Å²) in [5.41, 5.74) is 1.96. The van der Waals surface area contributed by atoms with Crippen molar-refractivity contribution < 1.29 is 4.39 Å². The number of benzene rings is 1. The van der Waals surface area contributed by atoms with Crippen LogP contribution in [0.1, 0.15) is 36.9 Å². The maximum absolute atomic E-state index is 13.8. The van der Waals surface area contributed by atoms with E-state index in [1.54, 1.807) is 0 Å². The van der Waals surface area contributed by atoms with Gasteiger partial charge >= 0.3 is 0 Å². The smallest absolute Gasteiger partial charge is 0.129 e. The highest BCUT2D eigenvalue weighted by Crippen LogP contribution is 2.20. The van der Waals surface area contributed by atoms with E-state index in [4.69, 9.17) is 0 Å². The summed E-state index contributed by atoms with van der Waals surface area (Å²) in [5, 5.41) is 3.32. The lowest BCUT2D eigenvalue weighted by Gasteiger charge is -2.13. The van der Waals surface area contributed by atoms with Gasteiger partial charge in [-0.3, -0.25) is 0 Å². The molecule has 20 heavy (non-hydrogen) atoms. The molecule has 0 aliphatic carbocycles. The summed E-state index contributed by atoms with van der Waals surface area (Å²) in [6.45, 7) is 2.74. The first-order valence-electron chi connectivity index (χ1n) is 6.91. The van der Waals surface area contributed by atoms with Gasteiger partial charge in [-0.05, 0) is 37.2 Å². The SMILES string of the molecule is CCCC(NC)c1ccn(Cc2ccc(Br)cc2F)c1. The molecule has 1 unspecified atom stereocenters. The van der Waals surface area contributed by atoms with Crippen molar-refractivity contribution in [1.29, 1.82) is 0 Å². The van der Waals surface area contributed by atoms with Crippen molar-refractivity contribution in [3.05, 3.63) is 58.1 Å². The molecule has 0 saturated heterocycles. The quantitative estimate of drug-likeness (QED) is 0.820. The highest BCUT2D eigenvalue weighted by atomic mass is 79.9. The minimum atomic E-state index is -0.173. The predicted octanol–water partition coefficient (Wildman–Crippen LogP) is 4.50. The summed E-state index contributed by atoms with van der Waals surface area (Å²) in [7, 11) is 1.98. The Bertz CT molecular complexity index is 565. The van der Waals surface area contributed by atoms with E-state index in [0.29, 0.717) is 18.2 Å². The fourth-order valence-corrected chi connectivity index (χ4v) is 2.71. The predicted molar refractivity (Wildman–Crippen MR) is 84.3 cm³/mol. The lowest BCUT2D eigenvalue weighted by atomic mass is 10.1. The van der Waals surface area contributed by atoms with Crippen LogP contribution >= 0.6 is 15.9 Å². The maximum atomic E-state index is 13.8.